The Kier molecular flexibility index (Phi) is 2.77. The van der Waals surface area contributed by atoms with Crippen LogP contribution in [0.25, 0.3) is 0 Å². The summed E-state index contributed by atoms with van der Waals surface area (Å²) in [5.41, 5.74) is 1.84. The summed E-state index contributed by atoms with van der Waals surface area (Å²) in [6.07, 6.45) is 3.94. The summed E-state index contributed by atoms with van der Waals surface area (Å²) in [7, 11) is 0. The molecule has 1 aromatic rings. The Hall–Kier alpha value is -0.960. The lowest BCUT2D eigenvalue weighted by Crippen LogP contribution is -2.26. The van der Waals surface area contributed by atoms with Crippen molar-refractivity contribution in [3.8, 4) is 0 Å². The Labute approximate surface area is 83.6 Å². The van der Waals surface area contributed by atoms with Gasteiger partial charge in [-0.3, -0.25) is 0 Å². The van der Waals surface area contributed by atoms with E-state index < -0.39 is 0 Å². The minimum absolute atomic E-state index is 0.345. The molecule has 1 saturated heterocycles. The van der Waals surface area contributed by atoms with Crippen LogP contribution in [0.4, 0.5) is 4.39 Å². The van der Waals surface area contributed by atoms with Gasteiger partial charge < -0.3 is 5.32 Å². The summed E-state index contributed by atoms with van der Waals surface area (Å²) in [6, 6.07) is 1.93. The van der Waals surface area contributed by atoms with Gasteiger partial charge in [-0.25, -0.2) is 4.98 Å². The Morgan fingerprint density at radius 2 is 2.14 bits per heavy atom. The molecule has 2 nitrogen and oxygen atoms in total. The van der Waals surface area contributed by atoms with Gasteiger partial charge in [-0.15, -0.1) is 0 Å². The van der Waals surface area contributed by atoms with Gasteiger partial charge in [0.15, 0.2) is 0 Å². The number of hydrogen-bond donors (Lipinski definition) is 1. The van der Waals surface area contributed by atoms with E-state index in [1.54, 1.807) is 13.1 Å². The molecule has 0 bridgehead atoms. The maximum absolute atomic E-state index is 12.9. The summed E-state index contributed by atoms with van der Waals surface area (Å²) in [5.74, 6) is 0.214. The Morgan fingerprint density at radius 3 is 2.79 bits per heavy atom. The number of halogens is 1. The van der Waals surface area contributed by atoms with Crippen LogP contribution in [0.1, 0.15) is 29.9 Å². The first-order valence-corrected chi connectivity index (χ1v) is 5.10. The van der Waals surface area contributed by atoms with Crippen molar-refractivity contribution in [2.24, 2.45) is 0 Å². The second-order valence-corrected chi connectivity index (χ2v) is 3.90. The first kappa shape index (κ1) is 9.59. The van der Waals surface area contributed by atoms with Crippen LogP contribution >= 0.6 is 0 Å². The van der Waals surface area contributed by atoms with Crippen LogP contribution < -0.4 is 5.32 Å². The lowest BCUT2D eigenvalue weighted by atomic mass is 9.91. The van der Waals surface area contributed by atoms with E-state index in [-0.39, 0.29) is 5.95 Å². The first-order chi connectivity index (χ1) is 6.77. The van der Waals surface area contributed by atoms with Crippen molar-refractivity contribution in [2.45, 2.75) is 25.7 Å². The summed E-state index contributed by atoms with van der Waals surface area (Å²) >= 11 is 0. The van der Waals surface area contributed by atoms with E-state index in [0.717, 1.165) is 25.9 Å². The van der Waals surface area contributed by atoms with Gasteiger partial charge in [0.25, 0.3) is 0 Å². The number of pyridine rings is 1. The highest BCUT2D eigenvalue weighted by Gasteiger charge is 2.16. The normalized spacial score (nSPS) is 18.4. The van der Waals surface area contributed by atoms with E-state index >= 15 is 0 Å². The topological polar surface area (TPSA) is 24.9 Å². The quantitative estimate of drug-likeness (QED) is 0.692. The van der Waals surface area contributed by atoms with E-state index in [4.69, 9.17) is 0 Å². The first-order valence-electron chi connectivity index (χ1n) is 5.10. The van der Waals surface area contributed by atoms with E-state index in [9.17, 15) is 4.39 Å². The Balaban J connectivity index is 2.18. The lowest BCUT2D eigenvalue weighted by molar-refractivity contribution is 0.457. The standard InChI is InChI=1S/C11H15FN2/c1-8-6-10(7-14-11(8)12)9-2-4-13-5-3-9/h6-7,9,13H,2-5H2,1H3. The van der Waals surface area contributed by atoms with Crippen LogP contribution in [0.5, 0.6) is 0 Å². The number of rotatable bonds is 1. The van der Waals surface area contributed by atoms with Crippen LogP contribution in [-0.4, -0.2) is 18.1 Å². The summed E-state index contributed by atoms with van der Waals surface area (Å²) < 4.78 is 12.9. The number of nitrogens with one attached hydrogen (secondary N) is 1. The van der Waals surface area contributed by atoms with Crippen molar-refractivity contribution in [1.29, 1.82) is 0 Å². The van der Waals surface area contributed by atoms with Gasteiger partial charge in [0.1, 0.15) is 0 Å². The number of aryl methyl sites for hydroxylation is 1. The molecule has 0 unspecified atom stereocenters. The highest BCUT2D eigenvalue weighted by atomic mass is 19.1. The molecule has 0 amide bonds. The predicted octanol–water partition coefficient (Wildman–Crippen LogP) is 2.00. The predicted molar refractivity (Wildman–Crippen MR) is 53.8 cm³/mol. The zero-order valence-electron chi connectivity index (χ0n) is 8.39. The fraction of sp³-hybridized carbons (Fsp3) is 0.545. The van der Waals surface area contributed by atoms with Crippen molar-refractivity contribution in [3.05, 3.63) is 29.3 Å². The molecule has 1 N–H and O–H groups in total. The number of hydrogen-bond acceptors (Lipinski definition) is 2. The maximum atomic E-state index is 12.9. The minimum Gasteiger partial charge on any atom is -0.317 e. The van der Waals surface area contributed by atoms with Crippen LogP contribution in [0.15, 0.2) is 12.3 Å². The van der Waals surface area contributed by atoms with Gasteiger partial charge in [0.2, 0.25) is 5.95 Å². The molecule has 0 radical (unpaired) electrons. The fourth-order valence-corrected chi connectivity index (χ4v) is 1.96. The van der Waals surface area contributed by atoms with Gasteiger partial charge in [-0.2, -0.15) is 4.39 Å². The largest absolute Gasteiger partial charge is 0.317 e. The molecule has 1 aliphatic rings. The molecule has 1 aromatic heterocycles. The van der Waals surface area contributed by atoms with Gasteiger partial charge in [0.05, 0.1) is 0 Å². The Bertz CT molecular complexity index is 319. The van der Waals surface area contributed by atoms with Gasteiger partial charge in [-0.1, -0.05) is 0 Å². The average molecular weight is 194 g/mol. The lowest BCUT2D eigenvalue weighted by Gasteiger charge is -2.22. The van der Waals surface area contributed by atoms with Gasteiger partial charge >= 0.3 is 0 Å². The molecule has 76 valence electrons. The second kappa shape index (κ2) is 4.05. The molecule has 1 aliphatic heterocycles. The molecule has 0 aromatic carbocycles. The summed E-state index contributed by atoms with van der Waals surface area (Å²) in [6.45, 7) is 3.88. The highest BCUT2D eigenvalue weighted by Crippen LogP contribution is 2.25. The number of piperidine rings is 1. The molecular weight excluding hydrogens is 179 g/mol. The van der Waals surface area contributed by atoms with Crippen LogP contribution in [0.2, 0.25) is 0 Å². The SMILES string of the molecule is Cc1cc(C2CCNCC2)cnc1F. The monoisotopic (exact) mass is 194 g/mol. The zero-order chi connectivity index (χ0) is 9.97. The van der Waals surface area contributed by atoms with Crippen molar-refractivity contribution < 1.29 is 4.39 Å². The molecule has 1 fully saturated rings. The third kappa shape index (κ3) is 1.93. The minimum atomic E-state index is -0.345. The van der Waals surface area contributed by atoms with Gasteiger partial charge in [0, 0.05) is 11.8 Å². The number of nitrogens with zero attached hydrogens (tertiary/aromatic N) is 1. The summed E-state index contributed by atoms with van der Waals surface area (Å²) in [5, 5.41) is 3.32. The van der Waals surface area contributed by atoms with E-state index in [2.05, 4.69) is 10.3 Å². The molecular formula is C11H15FN2. The van der Waals surface area contributed by atoms with E-state index in [0.29, 0.717) is 11.5 Å². The smallest absolute Gasteiger partial charge is 0.215 e. The van der Waals surface area contributed by atoms with Crippen LogP contribution in [-0.2, 0) is 0 Å². The van der Waals surface area contributed by atoms with Crippen molar-refractivity contribution >= 4 is 0 Å². The third-order valence-corrected chi connectivity index (χ3v) is 2.85. The molecule has 0 saturated carbocycles. The zero-order valence-corrected chi connectivity index (χ0v) is 8.39. The van der Waals surface area contributed by atoms with Crippen molar-refractivity contribution in [3.63, 3.8) is 0 Å². The fourth-order valence-electron chi connectivity index (χ4n) is 1.96. The van der Waals surface area contributed by atoms with Crippen LogP contribution in [0, 0.1) is 12.9 Å². The second-order valence-electron chi connectivity index (χ2n) is 3.90. The van der Waals surface area contributed by atoms with Crippen molar-refractivity contribution in [2.75, 3.05) is 13.1 Å². The van der Waals surface area contributed by atoms with Gasteiger partial charge in [-0.05, 0) is 50.4 Å². The van der Waals surface area contributed by atoms with Crippen molar-refractivity contribution in [1.82, 2.24) is 10.3 Å². The molecule has 0 aliphatic carbocycles. The van der Waals surface area contributed by atoms with E-state index in [1.807, 2.05) is 6.07 Å². The Morgan fingerprint density at radius 1 is 1.43 bits per heavy atom. The molecule has 0 atom stereocenters. The van der Waals surface area contributed by atoms with Crippen LogP contribution in [0.3, 0.4) is 0 Å². The highest BCUT2D eigenvalue weighted by molar-refractivity contribution is 5.22. The number of aromatic nitrogens is 1. The molecule has 3 heteroatoms. The maximum Gasteiger partial charge on any atom is 0.215 e. The third-order valence-electron chi connectivity index (χ3n) is 2.85. The average Bonchev–Trinajstić information content (AvgIpc) is 2.23. The molecule has 2 rings (SSSR count). The molecule has 0 spiro atoms. The summed E-state index contributed by atoms with van der Waals surface area (Å²) in [4.78, 5) is 3.77. The molecule has 2 heterocycles. The van der Waals surface area contributed by atoms with E-state index in [1.165, 1.54) is 5.56 Å². The molecule has 14 heavy (non-hydrogen) atoms.